The van der Waals surface area contributed by atoms with E-state index in [1.165, 1.54) is 5.56 Å². The lowest BCUT2D eigenvalue weighted by molar-refractivity contribution is 0.604. The molecule has 1 aromatic rings. The first-order valence-corrected chi connectivity index (χ1v) is 4.47. The zero-order chi connectivity index (χ0) is 9.42. The third-order valence-corrected chi connectivity index (χ3v) is 2.87. The SMILES string of the molecule is C[C@@H]1c2ccccc2N(N=O)[C@@H]1C. The van der Waals surface area contributed by atoms with Gasteiger partial charge in [0, 0.05) is 5.92 Å². The van der Waals surface area contributed by atoms with Crippen LogP contribution >= 0.6 is 0 Å². The van der Waals surface area contributed by atoms with Crippen LogP contribution in [0.4, 0.5) is 5.69 Å². The highest BCUT2D eigenvalue weighted by Gasteiger charge is 2.33. The average Bonchev–Trinajstić information content (AvgIpc) is 2.41. The van der Waals surface area contributed by atoms with Gasteiger partial charge in [-0.3, -0.25) is 0 Å². The highest BCUT2D eigenvalue weighted by atomic mass is 16.3. The molecule has 1 aliphatic rings. The Balaban J connectivity index is 2.53. The molecule has 0 radical (unpaired) electrons. The number of rotatable bonds is 1. The number of para-hydroxylation sites is 1. The highest BCUT2D eigenvalue weighted by Crippen LogP contribution is 2.40. The number of nitroso groups, excluding NO2 is 1. The van der Waals surface area contributed by atoms with E-state index in [2.05, 4.69) is 18.3 Å². The van der Waals surface area contributed by atoms with Gasteiger partial charge in [0.05, 0.1) is 17.0 Å². The van der Waals surface area contributed by atoms with E-state index >= 15 is 0 Å². The van der Waals surface area contributed by atoms with Crippen LogP contribution in [-0.2, 0) is 0 Å². The van der Waals surface area contributed by atoms with Gasteiger partial charge in [0.15, 0.2) is 0 Å². The Labute approximate surface area is 77.3 Å². The van der Waals surface area contributed by atoms with Gasteiger partial charge in [0.2, 0.25) is 0 Å². The van der Waals surface area contributed by atoms with Crippen molar-refractivity contribution in [1.82, 2.24) is 0 Å². The maximum absolute atomic E-state index is 10.6. The summed E-state index contributed by atoms with van der Waals surface area (Å²) < 4.78 is 0. The lowest BCUT2D eigenvalue weighted by Gasteiger charge is -2.15. The Bertz CT molecular complexity index is 337. The summed E-state index contributed by atoms with van der Waals surface area (Å²) in [5.74, 6) is 0.383. The molecule has 1 aliphatic heterocycles. The molecule has 0 amide bonds. The lowest BCUT2D eigenvalue weighted by Crippen LogP contribution is -2.24. The normalized spacial score (nSPS) is 25.8. The molecule has 3 heteroatoms. The molecule has 1 heterocycles. The van der Waals surface area contributed by atoms with Gasteiger partial charge in [-0.15, -0.1) is 4.91 Å². The van der Waals surface area contributed by atoms with Crippen LogP contribution in [-0.4, -0.2) is 6.04 Å². The zero-order valence-corrected chi connectivity index (χ0v) is 7.77. The molecule has 0 bridgehead atoms. The summed E-state index contributed by atoms with van der Waals surface area (Å²) in [6, 6.07) is 8.10. The van der Waals surface area contributed by atoms with Crippen LogP contribution < -0.4 is 5.01 Å². The second-order valence-corrected chi connectivity index (χ2v) is 3.51. The smallest absolute Gasteiger partial charge is 0.0665 e. The highest BCUT2D eigenvalue weighted by molar-refractivity contribution is 5.60. The number of fused-ring (bicyclic) bond motifs is 1. The molecule has 0 saturated carbocycles. The van der Waals surface area contributed by atoms with E-state index in [0.29, 0.717) is 5.92 Å². The minimum absolute atomic E-state index is 0.176. The van der Waals surface area contributed by atoms with Crippen LogP contribution in [0.25, 0.3) is 0 Å². The second-order valence-electron chi connectivity index (χ2n) is 3.51. The van der Waals surface area contributed by atoms with E-state index in [1.54, 1.807) is 5.01 Å². The molecule has 2 atom stereocenters. The van der Waals surface area contributed by atoms with Gasteiger partial charge in [-0.1, -0.05) is 25.1 Å². The molecular weight excluding hydrogens is 164 g/mol. The summed E-state index contributed by atoms with van der Waals surface area (Å²) in [6.45, 7) is 4.14. The Morgan fingerprint density at radius 3 is 2.69 bits per heavy atom. The monoisotopic (exact) mass is 176 g/mol. The molecule has 68 valence electrons. The van der Waals surface area contributed by atoms with Crippen LogP contribution in [0, 0.1) is 4.91 Å². The Kier molecular flexibility index (Phi) is 1.79. The molecule has 0 N–H and O–H groups in total. The fourth-order valence-electron chi connectivity index (χ4n) is 1.89. The summed E-state index contributed by atoms with van der Waals surface area (Å²) in [5, 5.41) is 4.60. The predicted octanol–water partition coefficient (Wildman–Crippen LogP) is 2.68. The maximum Gasteiger partial charge on any atom is 0.0665 e. The van der Waals surface area contributed by atoms with Gasteiger partial charge < -0.3 is 0 Å². The number of hydrogen-bond donors (Lipinski definition) is 0. The van der Waals surface area contributed by atoms with Crippen molar-refractivity contribution in [3.63, 3.8) is 0 Å². The van der Waals surface area contributed by atoms with Crippen molar-refractivity contribution in [3.8, 4) is 0 Å². The molecule has 0 fully saturated rings. The van der Waals surface area contributed by atoms with Crippen LogP contribution in [0.1, 0.15) is 25.3 Å². The first-order chi connectivity index (χ1) is 6.25. The summed E-state index contributed by atoms with van der Waals surface area (Å²) >= 11 is 0. The summed E-state index contributed by atoms with van der Waals surface area (Å²) in [6.07, 6.45) is 0. The lowest BCUT2D eigenvalue weighted by atomic mass is 9.99. The van der Waals surface area contributed by atoms with E-state index in [1.807, 2.05) is 25.1 Å². The first kappa shape index (κ1) is 8.23. The number of anilines is 1. The van der Waals surface area contributed by atoms with Gasteiger partial charge in [-0.05, 0) is 18.6 Å². The molecule has 0 spiro atoms. The van der Waals surface area contributed by atoms with Gasteiger partial charge in [0.25, 0.3) is 0 Å². The van der Waals surface area contributed by atoms with Crippen LogP contribution in [0.5, 0.6) is 0 Å². The molecule has 0 aromatic heterocycles. The predicted molar refractivity (Wildman–Crippen MR) is 52.6 cm³/mol. The third-order valence-electron chi connectivity index (χ3n) is 2.87. The molecule has 2 rings (SSSR count). The van der Waals surface area contributed by atoms with Crippen molar-refractivity contribution in [2.75, 3.05) is 5.01 Å². The summed E-state index contributed by atoms with van der Waals surface area (Å²) in [7, 11) is 0. The minimum Gasteiger partial charge on any atom is -0.226 e. The fourth-order valence-corrected chi connectivity index (χ4v) is 1.89. The fraction of sp³-hybridized carbons (Fsp3) is 0.400. The third kappa shape index (κ3) is 1.03. The first-order valence-electron chi connectivity index (χ1n) is 4.47. The van der Waals surface area contributed by atoms with E-state index in [0.717, 1.165) is 5.69 Å². The van der Waals surface area contributed by atoms with Gasteiger partial charge in [0.1, 0.15) is 0 Å². The summed E-state index contributed by atoms with van der Waals surface area (Å²) in [5.41, 5.74) is 2.17. The molecule has 1 aromatic carbocycles. The Morgan fingerprint density at radius 2 is 2.00 bits per heavy atom. The topological polar surface area (TPSA) is 32.7 Å². The molecule has 0 unspecified atom stereocenters. The second kappa shape index (κ2) is 2.83. The number of benzene rings is 1. The Hall–Kier alpha value is -1.38. The van der Waals surface area contributed by atoms with Crippen molar-refractivity contribution in [3.05, 3.63) is 34.7 Å². The van der Waals surface area contributed by atoms with Crippen molar-refractivity contribution in [2.45, 2.75) is 25.8 Å². The average molecular weight is 176 g/mol. The number of hydrogen-bond acceptors (Lipinski definition) is 2. The molecule has 0 aliphatic carbocycles. The van der Waals surface area contributed by atoms with Gasteiger partial charge >= 0.3 is 0 Å². The van der Waals surface area contributed by atoms with Crippen molar-refractivity contribution >= 4 is 5.69 Å². The van der Waals surface area contributed by atoms with Crippen molar-refractivity contribution < 1.29 is 0 Å². The zero-order valence-electron chi connectivity index (χ0n) is 7.77. The van der Waals surface area contributed by atoms with Crippen LogP contribution in [0.2, 0.25) is 0 Å². The van der Waals surface area contributed by atoms with E-state index in [9.17, 15) is 4.91 Å². The quantitative estimate of drug-likeness (QED) is 0.616. The van der Waals surface area contributed by atoms with Crippen LogP contribution in [0.3, 0.4) is 0 Å². The Morgan fingerprint density at radius 1 is 1.31 bits per heavy atom. The molecular formula is C10H12N2O. The molecule has 13 heavy (non-hydrogen) atoms. The molecule has 0 saturated heterocycles. The van der Waals surface area contributed by atoms with E-state index in [-0.39, 0.29) is 6.04 Å². The van der Waals surface area contributed by atoms with Gasteiger partial charge in [-0.2, -0.15) is 0 Å². The maximum atomic E-state index is 10.6. The molecule has 3 nitrogen and oxygen atoms in total. The standard InChI is InChI=1S/C10H12N2O/c1-7-8(2)12(11-13)10-6-4-3-5-9(7)10/h3-8H,1-2H3/t7-,8+/m0/s1. The van der Waals surface area contributed by atoms with E-state index < -0.39 is 0 Å². The van der Waals surface area contributed by atoms with Crippen LogP contribution in [0.15, 0.2) is 29.6 Å². The van der Waals surface area contributed by atoms with E-state index in [4.69, 9.17) is 0 Å². The van der Waals surface area contributed by atoms with Crippen molar-refractivity contribution in [2.24, 2.45) is 5.29 Å². The minimum atomic E-state index is 0.176. The number of nitrogens with zero attached hydrogens (tertiary/aromatic N) is 2. The van der Waals surface area contributed by atoms with Crippen molar-refractivity contribution in [1.29, 1.82) is 0 Å². The van der Waals surface area contributed by atoms with Gasteiger partial charge in [-0.25, -0.2) is 5.01 Å². The summed E-state index contributed by atoms with van der Waals surface area (Å²) in [4.78, 5) is 10.6. The largest absolute Gasteiger partial charge is 0.226 e.